The van der Waals surface area contributed by atoms with Crippen LogP contribution in [0.25, 0.3) is 0 Å². The number of aromatic nitrogens is 2. The molecule has 1 aromatic carbocycles. The highest BCUT2D eigenvalue weighted by Crippen LogP contribution is 2.25. The first-order chi connectivity index (χ1) is 14.5. The molecule has 9 heteroatoms. The van der Waals surface area contributed by atoms with Crippen LogP contribution in [0.4, 0.5) is 5.95 Å². The number of nitrogens with one attached hydrogen (secondary N) is 1. The van der Waals surface area contributed by atoms with Crippen molar-refractivity contribution in [2.45, 2.75) is 37.8 Å². The van der Waals surface area contributed by atoms with Crippen LogP contribution in [0.15, 0.2) is 36.7 Å². The van der Waals surface area contributed by atoms with E-state index < -0.39 is 6.04 Å². The fraction of sp³-hybridized carbons (Fsp3) is 0.429. The third-order valence-corrected chi connectivity index (χ3v) is 5.97. The summed E-state index contributed by atoms with van der Waals surface area (Å²) in [6.07, 6.45) is 6.69. The number of likely N-dealkylation sites (tertiary alicyclic amines) is 1. The van der Waals surface area contributed by atoms with Gasteiger partial charge in [-0.15, -0.1) is 0 Å². The molecule has 1 N–H and O–H groups in total. The summed E-state index contributed by atoms with van der Waals surface area (Å²) < 4.78 is 0. The predicted octanol–water partition coefficient (Wildman–Crippen LogP) is 3.17. The van der Waals surface area contributed by atoms with E-state index in [0.29, 0.717) is 41.1 Å². The van der Waals surface area contributed by atoms with Gasteiger partial charge in [0.25, 0.3) is 5.91 Å². The average molecular weight is 448 g/mol. The summed E-state index contributed by atoms with van der Waals surface area (Å²) in [5.74, 6) is 0.335. The second-order valence-electron chi connectivity index (χ2n) is 7.66. The lowest BCUT2D eigenvalue weighted by Gasteiger charge is -2.34. The lowest BCUT2D eigenvalue weighted by molar-refractivity contribution is -0.125. The monoisotopic (exact) mass is 447 g/mol. The average Bonchev–Trinajstić information content (AvgIpc) is 3.23. The second-order valence-corrected chi connectivity index (χ2v) is 8.53. The minimum atomic E-state index is -0.487. The van der Waals surface area contributed by atoms with E-state index in [2.05, 4.69) is 20.2 Å². The van der Waals surface area contributed by atoms with Crippen molar-refractivity contribution in [1.82, 2.24) is 20.2 Å². The molecule has 2 saturated heterocycles. The van der Waals surface area contributed by atoms with Crippen LogP contribution in [-0.4, -0.2) is 58.4 Å². The summed E-state index contributed by atoms with van der Waals surface area (Å²) in [5, 5.41) is 3.94. The Kier molecular flexibility index (Phi) is 6.39. The maximum absolute atomic E-state index is 13.0. The molecule has 0 bridgehead atoms. The zero-order valence-electron chi connectivity index (χ0n) is 16.4. The van der Waals surface area contributed by atoms with Gasteiger partial charge < -0.3 is 15.1 Å². The Bertz CT molecular complexity index is 907. The molecule has 2 fully saturated rings. The van der Waals surface area contributed by atoms with Crippen molar-refractivity contribution < 1.29 is 9.59 Å². The van der Waals surface area contributed by atoms with Gasteiger partial charge in [-0.1, -0.05) is 23.2 Å². The van der Waals surface area contributed by atoms with Crippen molar-refractivity contribution in [3.05, 3.63) is 52.3 Å². The Hall–Kier alpha value is -2.38. The Morgan fingerprint density at radius 3 is 2.43 bits per heavy atom. The largest absolute Gasteiger partial charge is 0.350 e. The van der Waals surface area contributed by atoms with E-state index in [1.54, 1.807) is 41.6 Å². The molecule has 3 heterocycles. The number of amides is 2. The molecule has 0 spiro atoms. The quantitative estimate of drug-likeness (QED) is 0.778. The fourth-order valence-electron chi connectivity index (χ4n) is 4.15. The summed E-state index contributed by atoms with van der Waals surface area (Å²) >= 11 is 12.1. The molecule has 4 rings (SSSR count). The molecular weight excluding hydrogens is 425 g/mol. The summed E-state index contributed by atoms with van der Waals surface area (Å²) in [5.41, 5.74) is 0.400. The van der Waals surface area contributed by atoms with E-state index >= 15 is 0 Å². The second kappa shape index (κ2) is 9.18. The third-order valence-electron chi connectivity index (χ3n) is 5.53. The highest BCUT2D eigenvalue weighted by Gasteiger charge is 2.36. The van der Waals surface area contributed by atoms with Crippen molar-refractivity contribution >= 4 is 41.0 Å². The summed E-state index contributed by atoms with van der Waals surface area (Å²) in [6, 6.07) is 6.04. The predicted molar refractivity (Wildman–Crippen MR) is 116 cm³/mol. The highest BCUT2D eigenvalue weighted by molar-refractivity contribution is 6.35. The maximum atomic E-state index is 13.0. The van der Waals surface area contributed by atoms with Crippen molar-refractivity contribution in [2.75, 3.05) is 24.5 Å². The van der Waals surface area contributed by atoms with Gasteiger partial charge in [-0.3, -0.25) is 9.59 Å². The normalized spacial score (nSPS) is 21.5. The standard InChI is InChI=1S/C21H23Cl2N5O2/c22-15-10-14(11-16(23)12-15)20(30)28-9-2-5-18(28)19(29)26-17-4-1-8-27(13-17)21-24-6-3-7-25-21/h3,6-7,10-12,17-18H,1-2,4-5,8-9,13H2,(H,26,29). The molecule has 0 aliphatic carbocycles. The molecule has 2 unspecified atom stereocenters. The number of nitrogens with zero attached hydrogens (tertiary/aromatic N) is 4. The minimum absolute atomic E-state index is 0.00628. The number of piperidine rings is 1. The van der Waals surface area contributed by atoms with Crippen LogP contribution in [-0.2, 0) is 4.79 Å². The van der Waals surface area contributed by atoms with Crippen molar-refractivity contribution in [1.29, 1.82) is 0 Å². The zero-order chi connectivity index (χ0) is 21.1. The SMILES string of the molecule is O=C(NC1CCCN(c2ncccn2)C1)C1CCCN1C(=O)c1cc(Cl)cc(Cl)c1. The molecule has 158 valence electrons. The van der Waals surface area contributed by atoms with Crippen LogP contribution in [0.2, 0.25) is 10.0 Å². The number of anilines is 1. The van der Waals surface area contributed by atoms with Gasteiger partial charge in [-0.05, 0) is 49.9 Å². The number of carbonyl (C=O) groups is 2. The number of hydrogen-bond donors (Lipinski definition) is 1. The lowest BCUT2D eigenvalue weighted by Crippen LogP contribution is -2.53. The van der Waals surface area contributed by atoms with Gasteiger partial charge in [0, 0.05) is 53.7 Å². The number of hydrogen-bond acceptors (Lipinski definition) is 5. The van der Waals surface area contributed by atoms with Crippen LogP contribution in [0.3, 0.4) is 0 Å². The molecule has 2 aliphatic rings. The maximum Gasteiger partial charge on any atom is 0.254 e. The molecule has 1 aromatic heterocycles. The van der Waals surface area contributed by atoms with Crippen molar-refractivity contribution in [3.8, 4) is 0 Å². The molecule has 0 radical (unpaired) electrons. The molecule has 0 saturated carbocycles. The van der Waals surface area contributed by atoms with Gasteiger partial charge in [0.15, 0.2) is 0 Å². The smallest absolute Gasteiger partial charge is 0.254 e. The van der Waals surface area contributed by atoms with Gasteiger partial charge in [-0.25, -0.2) is 9.97 Å². The third kappa shape index (κ3) is 4.68. The summed E-state index contributed by atoms with van der Waals surface area (Å²) in [6.45, 7) is 2.05. The first kappa shape index (κ1) is 20.9. The minimum Gasteiger partial charge on any atom is -0.350 e. The Balaban J connectivity index is 1.41. The first-order valence-corrected chi connectivity index (χ1v) is 10.9. The van der Waals surface area contributed by atoms with E-state index in [1.807, 2.05) is 0 Å². The number of carbonyl (C=O) groups excluding carboxylic acids is 2. The van der Waals surface area contributed by atoms with E-state index in [9.17, 15) is 9.59 Å². The molecule has 30 heavy (non-hydrogen) atoms. The Morgan fingerprint density at radius 1 is 1.00 bits per heavy atom. The van der Waals surface area contributed by atoms with Gasteiger partial charge in [0.2, 0.25) is 11.9 Å². The van der Waals surface area contributed by atoms with Gasteiger partial charge in [0.05, 0.1) is 0 Å². The van der Waals surface area contributed by atoms with E-state index in [1.165, 1.54) is 0 Å². The van der Waals surface area contributed by atoms with Gasteiger partial charge in [-0.2, -0.15) is 0 Å². The molecule has 2 aliphatic heterocycles. The van der Waals surface area contributed by atoms with Crippen LogP contribution >= 0.6 is 23.2 Å². The van der Waals surface area contributed by atoms with Crippen molar-refractivity contribution in [2.24, 2.45) is 0 Å². The van der Waals surface area contributed by atoms with Crippen LogP contribution in [0.5, 0.6) is 0 Å². The van der Waals surface area contributed by atoms with E-state index in [-0.39, 0.29) is 17.9 Å². The fourth-order valence-corrected chi connectivity index (χ4v) is 4.68. The zero-order valence-corrected chi connectivity index (χ0v) is 17.9. The van der Waals surface area contributed by atoms with Gasteiger partial charge >= 0.3 is 0 Å². The molecule has 2 atom stereocenters. The van der Waals surface area contributed by atoms with Crippen LogP contribution in [0, 0.1) is 0 Å². The number of benzene rings is 1. The van der Waals surface area contributed by atoms with Crippen molar-refractivity contribution in [3.63, 3.8) is 0 Å². The topological polar surface area (TPSA) is 78.4 Å². The summed E-state index contributed by atoms with van der Waals surface area (Å²) in [7, 11) is 0. The van der Waals surface area contributed by atoms with Crippen LogP contribution in [0.1, 0.15) is 36.0 Å². The van der Waals surface area contributed by atoms with Gasteiger partial charge in [0.1, 0.15) is 6.04 Å². The highest BCUT2D eigenvalue weighted by atomic mass is 35.5. The van der Waals surface area contributed by atoms with E-state index in [4.69, 9.17) is 23.2 Å². The lowest BCUT2D eigenvalue weighted by atomic mass is 10.0. The summed E-state index contributed by atoms with van der Waals surface area (Å²) in [4.78, 5) is 38.3. The number of rotatable bonds is 4. The molecule has 7 nitrogen and oxygen atoms in total. The Morgan fingerprint density at radius 2 is 1.70 bits per heavy atom. The molecular formula is C21H23Cl2N5O2. The number of halogens is 2. The van der Waals surface area contributed by atoms with Crippen LogP contribution < -0.4 is 10.2 Å². The first-order valence-electron chi connectivity index (χ1n) is 10.1. The molecule has 2 aromatic rings. The Labute approximate surface area is 185 Å². The van der Waals surface area contributed by atoms with E-state index in [0.717, 1.165) is 25.8 Å². The molecule has 2 amide bonds.